The normalized spacial score (nSPS) is 27.5. The van der Waals surface area contributed by atoms with Crippen LogP contribution in [0.3, 0.4) is 0 Å². The van der Waals surface area contributed by atoms with Gasteiger partial charge in [-0.3, -0.25) is 24.0 Å². The predicted molar refractivity (Wildman–Crippen MR) is 361 cm³/mol. The molecule has 12 rings (SSSR count). The van der Waals surface area contributed by atoms with Crippen LogP contribution in [0.5, 0.6) is 5.75 Å². The van der Waals surface area contributed by atoms with Gasteiger partial charge in [0.15, 0.2) is 17.1 Å². The fourth-order valence-corrected chi connectivity index (χ4v) is 16.8. The number of rotatable bonds is 18. The second-order valence-corrected chi connectivity index (χ2v) is 28.7. The molecule has 2 heterocycles. The average Bonchev–Trinajstić information content (AvgIpc) is 1.32. The van der Waals surface area contributed by atoms with Gasteiger partial charge in [0.05, 0.1) is 36.3 Å². The zero-order valence-corrected chi connectivity index (χ0v) is 55.7. The number of cyclic esters (lactones) is 4. The Morgan fingerprint density at radius 1 is 0.617 bits per heavy atom. The van der Waals surface area contributed by atoms with E-state index in [1.165, 1.54) is 64.2 Å². The van der Waals surface area contributed by atoms with Crippen molar-refractivity contribution in [2.75, 3.05) is 41.0 Å². The topological polar surface area (TPSA) is 323 Å². The van der Waals surface area contributed by atoms with E-state index in [1.54, 1.807) is 92.7 Å². The largest absolute Gasteiger partial charge is 0.459 e. The summed E-state index contributed by atoms with van der Waals surface area (Å²) in [4.78, 5) is 92.2. The Bertz CT molecular complexity index is 3410. The van der Waals surface area contributed by atoms with E-state index < -0.39 is 53.1 Å². The van der Waals surface area contributed by atoms with Gasteiger partial charge in [-0.1, -0.05) is 102 Å². The molecule has 13 unspecified atom stereocenters. The van der Waals surface area contributed by atoms with Crippen molar-refractivity contribution in [1.29, 1.82) is 0 Å². The molecule has 5 aromatic rings. The summed E-state index contributed by atoms with van der Waals surface area (Å²) in [6.07, 6.45) is 16.8. The third-order valence-corrected chi connectivity index (χ3v) is 21.6. The second-order valence-electron chi connectivity index (χ2n) is 28.7. The van der Waals surface area contributed by atoms with Crippen LogP contribution in [0.1, 0.15) is 170 Å². The van der Waals surface area contributed by atoms with E-state index in [-0.39, 0.29) is 30.9 Å². The third-order valence-electron chi connectivity index (χ3n) is 21.6. The molecule has 13 atom stereocenters. The van der Waals surface area contributed by atoms with Crippen molar-refractivity contribution in [2.24, 2.45) is 75.9 Å². The quantitative estimate of drug-likeness (QED) is 0.00694. The van der Waals surface area contributed by atoms with E-state index in [0.717, 1.165) is 70.9 Å². The predicted octanol–water partition coefficient (Wildman–Crippen LogP) is 13.3. The lowest BCUT2D eigenvalue weighted by Gasteiger charge is -2.61. The van der Waals surface area contributed by atoms with Crippen LogP contribution in [0, 0.1) is 75.9 Å². The molecule has 5 aliphatic carbocycles. The fourth-order valence-electron chi connectivity index (χ4n) is 16.8. The number of ketones is 1. The average molecular weight is 1290 g/mol. The zero-order chi connectivity index (χ0) is 67.6. The summed E-state index contributed by atoms with van der Waals surface area (Å²) in [7, 11) is 0. The van der Waals surface area contributed by atoms with Gasteiger partial charge in [-0.2, -0.15) is 4.89 Å². The maximum atomic E-state index is 12.9. The lowest BCUT2D eigenvalue weighted by Crippen LogP contribution is -2.54. The number of esters is 5. The molecule has 2 aliphatic heterocycles. The first kappa shape index (κ1) is 70.3. The van der Waals surface area contributed by atoms with Gasteiger partial charge in [-0.15, -0.1) is 0 Å². The van der Waals surface area contributed by atoms with E-state index >= 15 is 0 Å². The molecule has 94 heavy (non-hydrogen) atoms. The van der Waals surface area contributed by atoms with Crippen LogP contribution in [-0.4, -0.2) is 53.9 Å². The van der Waals surface area contributed by atoms with Gasteiger partial charge in [0.1, 0.15) is 12.7 Å². The van der Waals surface area contributed by atoms with E-state index in [4.69, 9.17) is 58.7 Å². The summed E-state index contributed by atoms with van der Waals surface area (Å²) >= 11 is 0. The molecule has 7 fully saturated rings. The summed E-state index contributed by atoms with van der Waals surface area (Å²) in [6.45, 7) is 16.5. The van der Waals surface area contributed by atoms with E-state index in [9.17, 15) is 28.8 Å². The molecule has 19 heteroatoms. The monoisotopic (exact) mass is 1290 g/mol. The standard InChI is InChI=1S/C34H54N2O2.C25H28N2O5.C10H8O6.C6H8N2/c1-21(2)7-6-8-22(3)29-11-12-30-28-10-9-24-19-27(38-32(37)23-17-25(35)20-26(36)18-23)13-15-33(24,4)31(28)14-16-34(29,30)5;1-25(2,24(28)20-6-4-3-5-7-20)32-30-17-18-8-12-22(13-9-18)31-29-15-14-19-10-11-21(26)16-23(19)27;11-6-2-3-4-1-5(7(3)10(14)15-6)9(13)16-8(4)12;7-5-1-2-6(8)4-3-5/h17-18,20-22,24,27-31H,6-16,19,35-36H2,1-5H3;3-13,16H,14-15,17,26-27H2,1-2H3;3-5,7H,1-2H2;1-4H,7-8H2. The summed E-state index contributed by atoms with van der Waals surface area (Å²) in [5, 5.41) is 0. The highest BCUT2D eigenvalue weighted by molar-refractivity contribution is 6.02. The maximum absolute atomic E-state index is 12.9. The van der Waals surface area contributed by atoms with E-state index in [2.05, 4.69) is 44.1 Å². The van der Waals surface area contributed by atoms with Gasteiger partial charge in [-0.25, -0.2) is 14.6 Å². The Morgan fingerprint density at radius 3 is 1.94 bits per heavy atom. The minimum Gasteiger partial charge on any atom is -0.459 e. The Balaban J connectivity index is 0.000000165. The van der Waals surface area contributed by atoms with Crippen molar-refractivity contribution in [2.45, 2.75) is 163 Å². The highest BCUT2D eigenvalue weighted by Crippen LogP contribution is 2.68. The number of hydrogen-bond donors (Lipinski definition) is 6. The third kappa shape index (κ3) is 16.9. The molecule has 12 N–H and O–H groups in total. The lowest BCUT2D eigenvalue weighted by molar-refractivity contribution is -0.345. The second kappa shape index (κ2) is 30.6. The first-order valence-electron chi connectivity index (χ1n) is 33.6. The fraction of sp³-hybridized carbons (Fsp3) is 0.520. The van der Waals surface area contributed by atoms with Crippen molar-refractivity contribution in [3.05, 3.63) is 138 Å². The summed E-state index contributed by atoms with van der Waals surface area (Å²) in [6, 6.07) is 33.7. The van der Waals surface area contributed by atoms with Crippen LogP contribution in [0.25, 0.3) is 0 Å². The number of benzene rings is 5. The van der Waals surface area contributed by atoms with E-state index in [0.29, 0.717) is 75.8 Å². The van der Waals surface area contributed by atoms with Crippen LogP contribution in [0.2, 0.25) is 0 Å². The van der Waals surface area contributed by atoms with Crippen LogP contribution < -0.4 is 39.3 Å². The van der Waals surface area contributed by atoms with Gasteiger partial charge < -0.3 is 53.5 Å². The summed E-state index contributed by atoms with van der Waals surface area (Å²) < 4.78 is 15.1. The number of nitrogens with two attached hydrogens (primary N) is 6. The highest BCUT2D eigenvalue weighted by atomic mass is 17.2. The minimum absolute atomic E-state index is 0.0104. The molecular formula is C75H98N6O13. The number of carbonyl (C=O) groups is 6. The summed E-state index contributed by atoms with van der Waals surface area (Å²) in [5.41, 5.74) is 40.7. The first-order valence-corrected chi connectivity index (χ1v) is 33.6. The molecule has 0 amide bonds. The van der Waals surface area contributed by atoms with Crippen molar-refractivity contribution < 1.29 is 62.5 Å². The Kier molecular flexibility index (Phi) is 22.9. The number of nitrogen functional groups attached to an aromatic ring is 6. The van der Waals surface area contributed by atoms with Gasteiger partial charge in [0.25, 0.3) is 0 Å². The number of carbonyl (C=O) groups excluding carboxylic acids is 6. The van der Waals surface area contributed by atoms with Crippen molar-refractivity contribution in [3.63, 3.8) is 0 Å². The molecule has 7 aliphatic rings. The molecule has 0 spiro atoms. The molecule has 0 aromatic heterocycles. The highest BCUT2D eigenvalue weighted by Gasteiger charge is 2.62. The smallest absolute Gasteiger partial charge is 0.338 e. The maximum Gasteiger partial charge on any atom is 0.338 e. The molecule has 19 nitrogen and oxygen atoms in total. The number of hydrogen-bond acceptors (Lipinski definition) is 19. The van der Waals surface area contributed by atoms with E-state index in [1.807, 2.05) is 36.4 Å². The van der Waals surface area contributed by atoms with Crippen molar-refractivity contribution >= 4 is 69.8 Å². The van der Waals surface area contributed by atoms with Crippen LogP contribution in [0.4, 0.5) is 34.1 Å². The van der Waals surface area contributed by atoms with Gasteiger partial charge >= 0.3 is 29.8 Å². The lowest BCUT2D eigenvalue weighted by atomic mass is 9.44. The Hall–Kier alpha value is -8.00. The summed E-state index contributed by atoms with van der Waals surface area (Å²) in [5.74, 6) is 1.24. The van der Waals surface area contributed by atoms with Crippen LogP contribution >= 0.6 is 0 Å². The molecule has 5 saturated carbocycles. The molecule has 2 saturated heterocycles. The first-order chi connectivity index (χ1) is 44.7. The molecule has 506 valence electrons. The van der Waals surface area contributed by atoms with Crippen molar-refractivity contribution in [3.8, 4) is 5.75 Å². The Labute approximate surface area is 553 Å². The molecular weight excluding hydrogens is 1190 g/mol. The van der Waals surface area contributed by atoms with Crippen molar-refractivity contribution in [1.82, 2.24) is 0 Å². The number of ether oxygens (including phenoxy) is 3. The minimum atomic E-state index is -1.11. The zero-order valence-electron chi connectivity index (χ0n) is 55.7. The van der Waals surface area contributed by atoms with Gasteiger partial charge in [0, 0.05) is 46.1 Å². The molecule has 2 bridgehead atoms. The van der Waals surface area contributed by atoms with Gasteiger partial charge in [0.2, 0.25) is 0 Å². The Morgan fingerprint density at radius 2 is 1.27 bits per heavy atom. The van der Waals surface area contributed by atoms with Crippen LogP contribution in [-0.2, 0) is 61.1 Å². The number of fused-ring (bicyclic) bond motifs is 10. The number of Topliss-reactive ketones (excluding diaryl/α,β-unsaturated/α-hetero) is 1. The SMILES string of the molecule is CC(C)(OOCc1ccc(OOCCc2ccc(N)cc2N)cc1)C(=O)c1ccccc1.CC(C)CCCC(C)C1CCC2C3CCC4CC(OC(=O)c5cc(N)cc(N)c5)CCC4(C)C3CCC12C.Nc1ccc(N)cc1.O=C1CC2C3CC(C(=O)OC3=O)C2C(=O)O1. The molecule has 0 radical (unpaired) electrons. The van der Waals surface area contributed by atoms with Crippen LogP contribution in [0.15, 0.2) is 115 Å². The number of anilines is 6. The molecule has 5 aromatic carbocycles. The van der Waals surface area contributed by atoms with Gasteiger partial charge in [-0.05, 0) is 214 Å².